The maximum absolute atomic E-state index is 11.4. The molecule has 0 rings (SSSR count). The number of nitrogens with one attached hydrogen (secondary N) is 1. The van der Waals surface area contributed by atoms with E-state index in [1.807, 2.05) is 0 Å². The zero-order chi connectivity index (χ0) is 12.0. The fourth-order valence-corrected chi connectivity index (χ4v) is 0.903. The highest BCUT2D eigenvalue weighted by atomic mass is 16.4. The van der Waals surface area contributed by atoms with Crippen molar-refractivity contribution >= 4 is 17.8 Å². The van der Waals surface area contributed by atoms with E-state index in [0.717, 1.165) is 4.90 Å². The molecule has 6 heteroatoms. The summed E-state index contributed by atoms with van der Waals surface area (Å²) in [7, 11) is 1.43. The number of carboxylic acids is 1. The average molecular weight is 216 g/mol. The van der Waals surface area contributed by atoms with E-state index in [9.17, 15) is 14.4 Å². The van der Waals surface area contributed by atoms with Crippen LogP contribution in [0.2, 0.25) is 0 Å². The minimum atomic E-state index is -1.05. The Hall–Kier alpha value is -1.59. The van der Waals surface area contributed by atoms with E-state index in [1.54, 1.807) is 0 Å². The summed E-state index contributed by atoms with van der Waals surface area (Å²) in [5.41, 5.74) is 0. The Kier molecular flexibility index (Phi) is 5.36. The molecule has 15 heavy (non-hydrogen) atoms. The number of nitrogens with zero attached hydrogens (tertiary/aromatic N) is 1. The Bertz CT molecular complexity index is 265. The lowest BCUT2D eigenvalue weighted by molar-refractivity contribution is -0.148. The molecule has 0 aromatic carbocycles. The number of rotatable bonds is 5. The Morgan fingerprint density at radius 2 is 1.93 bits per heavy atom. The molecule has 0 radical (unpaired) electrons. The highest BCUT2D eigenvalue weighted by Gasteiger charge is 2.20. The van der Waals surface area contributed by atoms with Crippen LogP contribution in [0.25, 0.3) is 0 Å². The van der Waals surface area contributed by atoms with E-state index < -0.39 is 12.0 Å². The molecule has 2 N–H and O–H groups in total. The second kappa shape index (κ2) is 6.00. The molecule has 0 aromatic heterocycles. The van der Waals surface area contributed by atoms with Crippen molar-refractivity contribution in [1.82, 2.24) is 10.2 Å². The van der Waals surface area contributed by atoms with Gasteiger partial charge in [-0.25, -0.2) is 4.79 Å². The number of hydrogen-bond acceptors (Lipinski definition) is 3. The minimum Gasteiger partial charge on any atom is -0.480 e. The number of likely N-dealkylation sites (N-methyl/N-ethyl adjacent to an activating group) is 1. The predicted octanol–water partition coefficient (Wildman–Crippen LogP) is -0.556. The highest BCUT2D eigenvalue weighted by molar-refractivity contribution is 5.83. The summed E-state index contributed by atoms with van der Waals surface area (Å²) in [6.45, 7) is 3.01. The van der Waals surface area contributed by atoms with Crippen LogP contribution in [-0.2, 0) is 14.4 Å². The van der Waals surface area contributed by atoms with E-state index in [4.69, 9.17) is 5.11 Å². The number of amides is 2. The van der Waals surface area contributed by atoms with Gasteiger partial charge >= 0.3 is 5.97 Å². The standard InChI is InChI=1S/C9H16N2O4/c1-6(9(14)15)11(3)8(13)4-5-10-7(2)12/h6H,4-5H2,1-3H3,(H,10,12)(H,14,15). The molecular weight excluding hydrogens is 200 g/mol. The monoisotopic (exact) mass is 216 g/mol. The Morgan fingerprint density at radius 1 is 1.40 bits per heavy atom. The first-order valence-electron chi connectivity index (χ1n) is 4.59. The van der Waals surface area contributed by atoms with Crippen LogP contribution in [0.15, 0.2) is 0 Å². The molecule has 0 aromatic rings. The molecule has 6 nitrogen and oxygen atoms in total. The molecule has 0 aliphatic carbocycles. The second-order valence-corrected chi connectivity index (χ2v) is 3.25. The van der Waals surface area contributed by atoms with Gasteiger partial charge in [0.2, 0.25) is 11.8 Å². The molecule has 2 amide bonds. The molecule has 0 saturated heterocycles. The van der Waals surface area contributed by atoms with Gasteiger partial charge in [0.05, 0.1) is 0 Å². The van der Waals surface area contributed by atoms with E-state index >= 15 is 0 Å². The molecule has 0 fully saturated rings. The van der Waals surface area contributed by atoms with Crippen molar-refractivity contribution in [2.45, 2.75) is 26.3 Å². The highest BCUT2D eigenvalue weighted by Crippen LogP contribution is 1.98. The summed E-state index contributed by atoms with van der Waals surface area (Å²) >= 11 is 0. The Morgan fingerprint density at radius 3 is 2.33 bits per heavy atom. The number of aliphatic carboxylic acids is 1. The molecule has 0 spiro atoms. The van der Waals surface area contributed by atoms with Gasteiger partial charge in [-0.05, 0) is 6.92 Å². The summed E-state index contributed by atoms with van der Waals surface area (Å²) in [6.07, 6.45) is 0.105. The molecule has 0 saturated carbocycles. The van der Waals surface area contributed by atoms with Crippen LogP contribution in [-0.4, -0.2) is 47.4 Å². The van der Waals surface area contributed by atoms with Crippen molar-refractivity contribution < 1.29 is 19.5 Å². The Balaban J connectivity index is 3.99. The van der Waals surface area contributed by atoms with Gasteiger partial charge in [0.1, 0.15) is 6.04 Å². The fourth-order valence-electron chi connectivity index (χ4n) is 0.903. The van der Waals surface area contributed by atoms with E-state index in [1.165, 1.54) is 20.9 Å². The van der Waals surface area contributed by atoms with Crippen LogP contribution in [0, 0.1) is 0 Å². The molecular formula is C9H16N2O4. The average Bonchev–Trinajstić information content (AvgIpc) is 2.14. The summed E-state index contributed by atoms with van der Waals surface area (Å²) in [5, 5.41) is 11.1. The quantitative estimate of drug-likeness (QED) is 0.645. The maximum atomic E-state index is 11.4. The van der Waals surface area contributed by atoms with Crippen LogP contribution in [0.4, 0.5) is 0 Å². The molecule has 86 valence electrons. The first kappa shape index (κ1) is 13.4. The number of hydrogen-bond donors (Lipinski definition) is 2. The molecule has 1 atom stereocenters. The zero-order valence-corrected chi connectivity index (χ0v) is 9.11. The zero-order valence-electron chi connectivity index (χ0n) is 9.11. The number of carboxylic acid groups (broad SMARTS) is 1. The van der Waals surface area contributed by atoms with E-state index in [0.29, 0.717) is 0 Å². The molecule has 0 bridgehead atoms. The third-order valence-electron chi connectivity index (χ3n) is 2.04. The Labute approximate surface area is 88.2 Å². The van der Waals surface area contributed by atoms with Gasteiger partial charge in [0.15, 0.2) is 0 Å². The lowest BCUT2D eigenvalue weighted by atomic mass is 10.2. The van der Waals surface area contributed by atoms with Crippen LogP contribution in [0.1, 0.15) is 20.3 Å². The topological polar surface area (TPSA) is 86.7 Å². The first-order valence-corrected chi connectivity index (χ1v) is 4.59. The smallest absolute Gasteiger partial charge is 0.326 e. The normalized spacial score (nSPS) is 11.7. The van der Waals surface area contributed by atoms with Crippen molar-refractivity contribution in [3.8, 4) is 0 Å². The molecule has 0 heterocycles. The lowest BCUT2D eigenvalue weighted by Gasteiger charge is -2.21. The molecule has 0 aliphatic heterocycles. The SMILES string of the molecule is CC(=O)NCCC(=O)N(C)C(C)C(=O)O. The number of carbonyl (C=O) groups is 3. The van der Waals surface area contributed by atoms with Crippen molar-refractivity contribution in [1.29, 1.82) is 0 Å². The van der Waals surface area contributed by atoms with Gasteiger partial charge in [0, 0.05) is 26.9 Å². The van der Waals surface area contributed by atoms with Crippen LogP contribution >= 0.6 is 0 Å². The number of carbonyl (C=O) groups excluding carboxylic acids is 2. The third-order valence-corrected chi connectivity index (χ3v) is 2.04. The van der Waals surface area contributed by atoms with Gasteiger partial charge in [-0.1, -0.05) is 0 Å². The maximum Gasteiger partial charge on any atom is 0.326 e. The van der Waals surface area contributed by atoms with Gasteiger partial charge in [-0.3, -0.25) is 9.59 Å². The molecule has 1 unspecified atom stereocenters. The third kappa shape index (κ3) is 4.99. The van der Waals surface area contributed by atoms with Gasteiger partial charge < -0.3 is 15.3 Å². The van der Waals surface area contributed by atoms with Gasteiger partial charge in [-0.15, -0.1) is 0 Å². The van der Waals surface area contributed by atoms with Crippen molar-refractivity contribution in [3.05, 3.63) is 0 Å². The summed E-state index contributed by atoms with van der Waals surface area (Å²) in [5.74, 6) is -1.57. The second-order valence-electron chi connectivity index (χ2n) is 3.25. The summed E-state index contributed by atoms with van der Waals surface area (Å²) < 4.78 is 0. The van der Waals surface area contributed by atoms with Crippen molar-refractivity contribution in [3.63, 3.8) is 0 Å². The van der Waals surface area contributed by atoms with Crippen LogP contribution in [0.5, 0.6) is 0 Å². The first-order chi connectivity index (χ1) is 6.86. The van der Waals surface area contributed by atoms with E-state index in [-0.39, 0.29) is 24.8 Å². The fraction of sp³-hybridized carbons (Fsp3) is 0.667. The minimum absolute atomic E-state index is 0.105. The van der Waals surface area contributed by atoms with Crippen LogP contribution < -0.4 is 5.32 Å². The summed E-state index contributed by atoms with van der Waals surface area (Å²) in [6, 6.07) is -0.852. The largest absolute Gasteiger partial charge is 0.480 e. The van der Waals surface area contributed by atoms with Crippen molar-refractivity contribution in [2.24, 2.45) is 0 Å². The van der Waals surface area contributed by atoms with Crippen molar-refractivity contribution in [2.75, 3.05) is 13.6 Å². The molecule has 0 aliphatic rings. The summed E-state index contributed by atoms with van der Waals surface area (Å²) in [4.78, 5) is 33.6. The predicted molar refractivity (Wildman–Crippen MR) is 53.2 cm³/mol. The lowest BCUT2D eigenvalue weighted by Crippen LogP contribution is -2.41. The van der Waals surface area contributed by atoms with Gasteiger partial charge in [-0.2, -0.15) is 0 Å². The van der Waals surface area contributed by atoms with E-state index in [2.05, 4.69) is 5.32 Å². The van der Waals surface area contributed by atoms with Gasteiger partial charge in [0.25, 0.3) is 0 Å². The van der Waals surface area contributed by atoms with Crippen LogP contribution in [0.3, 0.4) is 0 Å².